The number of benzene rings is 1. The summed E-state index contributed by atoms with van der Waals surface area (Å²) in [4.78, 5) is 0. The molecule has 2 heterocycles. The SMILES string of the molecule is OCC1CCCn2c(-c3ccccc3O)nnc21. The first-order valence-corrected chi connectivity index (χ1v) is 6.13. The molecule has 1 aromatic heterocycles. The molecule has 0 saturated carbocycles. The van der Waals surface area contributed by atoms with E-state index in [-0.39, 0.29) is 18.3 Å². The van der Waals surface area contributed by atoms with E-state index in [9.17, 15) is 10.2 Å². The highest BCUT2D eigenvalue weighted by Gasteiger charge is 2.25. The van der Waals surface area contributed by atoms with Crippen molar-refractivity contribution in [3.05, 3.63) is 30.1 Å². The third kappa shape index (κ3) is 1.67. The minimum absolute atomic E-state index is 0.0610. The summed E-state index contributed by atoms with van der Waals surface area (Å²) >= 11 is 0. The Morgan fingerprint density at radius 3 is 2.89 bits per heavy atom. The second kappa shape index (κ2) is 4.42. The zero-order valence-electron chi connectivity index (χ0n) is 9.95. The van der Waals surface area contributed by atoms with E-state index in [4.69, 9.17) is 0 Å². The molecule has 18 heavy (non-hydrogen) atoms. The van der Waals surface area contributed by atoms with Crippen LogP contribution in [0.25, 0.3) is 11.4 Å². The van der Waals surface area contributed by atoms with Crippen LogP contribution in [0, 0.1) is 0 Å². The van der Waals surface area contributed by atoms with Gasteiger partial charge in [0.25, 0.3) is 0 Å². The van der Waals surface area contributed by atoms with Crippen LogP contribution >= 0.6 is 0 Å². The van der Waals surface area contributed by atoms with Gasteiger partial charge in [-0.25, -0.2) is 0 Å². The Morgan fingerprint density at radius 2 is 2.11 bits per heavy atom. The number of fused-ring (bicyclic) bond motifs is 1. The third-order valence-electron chi connectivity index (χ3n) is 3.44. The molecule has 5 nitrogen and oxygen atoms in total. The van der Waals surface area contributed by atoms with Gasteiger partial charge in [-0.3, -0.25) is 0 Å². The topological polar surface area (TPSA) is 71.2 Å². The van der Waals surface area contributed by atoms with Crippen LogP contribution in [-0.4, -0.2) is 31.6 Å². The van der Waals surface area contributed by atoms with Crippen molar-refractivity contribution < 1.29 is 10.2 Å². The highest BCUT2D eigenvalue weighted by molar-refractivity contribution is 5.63. The van der Waals surface area contributed by atoms with Gasteiger partial charge in [-0.05, 0) is 25.0 Å². The molecular weight excluding hydrogens is 230 g/mol. The van der Waals surface area contributed by atoms with Crippen LogP contribution in [0.1, 0.15) is 24.6 Å². The Labute approximate surface area is 105 Å². The quantitative estimate of drug-likeness (QED) is 0.841. The van der Waals surface area contributed by atoms with E-state index in [1.165, 1.54) is 0 Å². The van der Waals surface area contributed by atoms with Crippen LogP contribution in [-0.2, 0) is 6.54 Å². The number of aliphatic hydroxyl groups excluding tert-OH is 1. The maximum atomic E-state index is 9.88. The first-order chi connectivity index (χ1) is 8.81. The smallest absolute Gasteiger partial charge is 0.167 e. The van der Waals surface area contributed by atoms with Gasteiger partial charge < -0.3 is 14.8 Å². The monoisotopic (exact) mass is 245 g/mol. The molecule has 2 N–H and O–H groups in total. The van der Waals surface area contributed by atoms with Gasteiger partial charge in [0, 0.05) is 12.5 Å². The molecule has 1 aliphatic rings. The Hall–Kier alpha value is -1.88. The molecule has 0 aliphatic carbocycles. The van der Waals surface area contributed by atoms with Gasteiger partial charge in [-0.15, -0.1) is 10.2 Å². The van der Waals surface area contributed by atoms with Gasteiger partial charge in [0.1, 0.15) is 11.6 Å². The number of aromatic nitrogens is 3. The van der Waals surface area contributed by atoms with E-state index < -0.39 is 0 Å². The molecule has 0 spiro atoms. The molecule has 5 heteroatoms. The number of nitrogens with zero attached hydrogens (tertiary/aromatic N) is 3. The summed E-state index contributed by atoms with van der Waals surface area (Å²) in [6.45, 7) is 0.932. The number of rotatable bonds is 2. The summed E-state index contributed by atoms with van der Waals surface area (Å²) < 4.78 is 2.00. The second-order valence-electron chi connectivity index (χ2n) is 4.57. The molecule has 0 bridgehead atoms. The molecule has 0 amide bonds. The van der Waals surface area contributed by atoms with Crippen LogP contribution < -0.4 is 0 Å². The Kier molecular flexibility index (Phi) is 2.76. The van der Waals surface area contributed by atoms with Crippen LogP contribution in [0.2, 0.25) is 0 Å². The molecule has 0 saturated heterocycles. The molecule has 0 fully saturated rings. The van der Waals surface area contributed by atoms with E-state index in [2.05, 4.69) is 10.2 Å². The lowest BCUT2D eigenvalue weighted by atomic mass is 9.99. The lowest BCUT2D eigenvalue weighted by molar-refractivity contribution is 0.238. The summed E-state index contributed by atoms with van der Waals surface area (Å²) in [5.74, 6) is 1.77. The first kappa shape index (κ1) is 11.2. The normalized spacial score (nSPS) is 18.6. The van der Waals surface area contributed by atoms with Gasteiger partial charge in [0.2, 0.25) is 0 Å². The fourth-order valence-corrected chi connectivity index (χ4v) is 2.50. The summed E-state index contributed by atoms with van der Waals surface area (Å²) in [5.41, 5.74) is 0.690. The second-order valence-corrected chi connectivity index (χ2v) is 4.57. The average Bonchev–Trinajstić information content (AvgIpc) is 2.83. The van der Waals surface area contributed by atoms with Crippen molar-refractivity contribution in [2.75, 3.05) is 6.61 Å². The predicted molar refractivity (Wildman–Crippen MR) is 66.2 cm³/mol. The molecule has 1 aromatic carbocycles. The maximum Gasteiger partial charge on any atom is 0.167 e. The number of phenolic OH excluding ortho intramolecular Hbond substituents is 1. The molecular formula is C13H15N3O2. The highest BCUT2D eigenvalue weighted by atomic mass is 16.3. The Balaban J connectivity index is 2.10. The molecule has 94 valence electrons. The molecule has 1 unspecified atom stereocenters. The number of phenols is 1. The fourth-order valence-electron chi connectivity index (χ4n) is 2.50. The Morgan fingerprint density at radius 1 is 1.28 bits per heavy atom. The number of aromatic hydroxyl groups is 1. The summed E-state index contributed by atoms with van der Waals surface area (Å²) in [5, 5.41) is 27.6. The molecule has 2 aromatic rings. The predicted octanol–water partition coefficient (Wildman–Crippen LogP) is 1.52. The molecule has 1 atom stereocenters. The van der Waals surface area contributed by atoms with E-state index in [0.29, 0.717) is 11.4 Å². The number of aliphatic hydroxyl groups is 1. The van der Waals surface area contributed by atoms with Crippen LogP contribution in [0.4, 0.5) is 0 Å². The molecule has 3 rings (SSSR count). The number of hydrogen-bond acceptors (Lipinski definition) is 4. The first-order valence-electron chi connectivity index (χ1n) is 6.13. The zero-order valence-corrected chi connectivity index (χ0v) is 9.95. The van der Waals surface area contributed by atoms with E-state index in [0.717, 1.165) is 25.2 Å². The molecule has 1 aliphatic heterocycles. The number of para-hydroxylation sites is 1. The van der Waals surface area contributed by atoms with Crippen molar-refractivity contribution in [2.45, 2.75) is 25.3 Å². The van der Waals surface area contributed by atoms with Gasteiger partial charge >= 0.3 is 0 Å². The standard InChI is InChI=1S/C13H15N3O2/c17-8-9-4-3-7-16-12(9)14-15-13(16)10-5-1-2-6-11(10)18/h1-2,5-6,9,17-18H,3-4,7-8H2. The van der Waals surface area contributed by atoms with Gasteiger partial charge in [-0.2, -0.15) is 0 Å². The van der Waals surface area contributed by atoms with Crippen molar-refractivity contribution in [1.29, 1.82) is 0 Å². The van der Waals surface area contributed by atoms with E-state index >= 15 is 0 Å². The van der Waals surface area contributed by atoms with Crippen LogP contribution in [0.3, 0.4) is 0 Å². The average molecular weight is 245 g/mol. The minimum Gasteiger partial charge on any atom is -0.507 e. The highest BCUT2D eigenvalue weighted by Crippen LogP contribution is 2.32. The van der Waals surface area contributed by atoms with Crippen molar-refractivity contribution in [3.8, 4) is 17.1 Å². The lowest BCUT2D eigenvalue weighted by Crippen LogP contribution is -2.19. The molecule has 0 radical (unpaired) electrons. The Bertz CT molecular complexity index is 565. The lowest BCUT2D eigenvalue weighted by Gasteiger charge is -2.21. The van der Waals surface area contributed by atoms with Crippen LogP contribution in [0.15, 0.2) is 24.3 Å². The zero-order chi connectivity index (χ0) is 12.5. The summed E-state index contributed by atoms with van der Waals surface area (Å²) in [6.07, 6.45) is 1.94. The van der Waals surface area contributed by atoms with E-state index in [1.54, 1.807) is 12.1 Å². The third-order valence-corrected chi connectivity index (χ3v) is 3.44. The van der Waals surface area contributed by atoms with Crippen molar-refractivity contribution in [1.82, 2.24) is 14.8 Å². The van der Waals surface area contributed by atoms with Gasteiger partial charge in [0.05, 0.1) is 12.2 Å². The fraction of sp³-hybridized carbons (Fsp3) is 0.385. The van der Waals surface area contributed by atoms with Crippen molar-refractivity contribution in [2.24, 2.45) is 0 Å². The van der Waals surface area contributed by atoms with Gasteiger partial charge in [-0.1, -0.05) is 12.1 Å². The van der Waals surface area contributed by atoms with Gasteiger partial charge in [0.15, 0.2) is 5.82 Å². The van der Waals surface area contributed by atoms with Crippen molar-refractivity contribution >= 4 is 0 Å². The minimum atomic E-state index is 0.0610. The van der Waals surface area contributed by atoms with Crippen molar-refractivity contribution in [3.63, 3.8) is 0 Å². The number of hydrogen-bond donors (Lipinski definition) is 2. The van der Waals surface area contributed by atoms with E-state index in [1.807, 2.05) is 16.7 Å². The summed E-state index contributed by atoms with van der Waals surface area (Å²) in [7, 11) is 0. The largest absolute Gasteiger partial charge is 0.507 e. The maximum absolute atomic E-state index is 9.88. The summed E-state index contributed by atoms with van der Waals surface area (Å²) in [6, 6.07) is 7.12. The van der Waals surface area contributed by atoms with Crippen LogP contribution in [0.5, 0.6) is 5.75 Å².